The summed E-state index contributed by atoms with van der Waals surface area (Å²) >= 11 is 0. The fourth-order valence-corrected chi connectivity index (χ4v) is 3.63. The first kappa shape index (κ1) is 15.7. The first-order valence-electron chi connectivity index (χ1n) is 8.68. The molecule has 0 aliphatic carbocycles. The van der Waals surface area contributed by atoms with Gasteiger partial charge in [0.05, 0.1) is 6.04 Å². The van der Waals surface area contributed by atoms with E-state index in [1.807, 2.05) is 53.4 Å². The summed E-state index contributed by atoms with van der Waals surface area (Å²) in [5.41, 5.74) is 3.28. The zero-order valence-electron chi connectivity index (χ0n) is 14.0. The normalized spacial score (nSPS) is 19.2. The zero-order valence-corrected chi connectivity index (χ0v) is 14.0. The maximum absolute atomic E-state index is 12.6. The predicted molar refractivity (Wildman–Crippen MR) is 96.3 cm³/mol. The second-order valence-electron chi connectivity index (χ2n) is 6.64. The van der Waals surface area contributed by atoms with Gasteiger partial charge in [-0.1, -0.05) is 48.5 Å². The molecule has 128 valence electrons. The predicted octanol–water partition coefficient (Wildman–Crippen LogP) is 2.56. The summed E-state index contributed by atoms with van der Waals surface area (Å²) in [4.78, 5) is 28.5. The van der Waals surface area contributed by atoms with E-state index < -0.39 is 0 Å². The van der Waals surface area contributed by atoms with Crippen molar-refractivity contribution >= 4 is 17.6 Å². The fraction of sp³-hybridized carbons (Fsp3) is 0.300. The van der Waals surface area contributed by atoms with Crippen LogP contribution in [0.2, 0.25) is 0 Å². The molecule has 1 fully saturated rings. The van der Waals surface area contributed by atoms with E-state index in [1.165, 1.54) is 5.56 Å². The number of hydrogen-bond donors (Lipinski definition) is 1. The van der Waals surface area contributed by atoms with Crippen LogP contribution in [-0.4, -0.2) is 36.0 Å². The lowest BCUT2D eigenvalue weighted by Crippen LogP contribution is -2.45. The summed E-state index contributed by atoms with van der Waals surface area (Å²) in [5, 5.41) is 3.03. The van der Waals surface area contributed by atoms with Crippen LogP contribution in [0.4, 0.5) is 10.5 Å². The van der Waals surface area contributed by atoms with Gasteiger partial charge in [0.1, 0.15) is 0 Å². The molecule has 0 saturated carbocycles. The van der Waals surface area contributed by atoms with Crippen molar-refractivity contribution in [3.8, 4) is 0 Å². The molecule has 5 nitrogen and oxygen atoms in total. The van der Waals surface area contributed by atoms with Crippen LogP contribution < -0.4 is 10.2 Å². The summed E-state index contributed by atoms with van der Waals surface area (Å²) in [6.07, 6.45) is 1.25. The van der Waals surface area contributed by atoms with Gasteiger partial charge < -0.3 is 10.2 Å². The van der Waals surface area contributed by atoms with Crippen molar-refractivity contribution in [2.45, 2.75) is 25.4 Å². The number of carbonyl (C=O) groups excluding carboxylic acids is 2. The van der Waals surface area contributed by atoms with Crippen molar-refractivity contribution in [3.63, 3.8) is 0 Å². The second-order valence-corrected chi connectivity index (χ2v) is 6.64. The third kappa shape index (κ3) is 3.22. The van der Waals surface area contributed by atoms with E-state index in [9.17, 15) is 9.59 Å². The summed E-state index contributed by atoms with van der Waals surface area (Å²) in [5.74, 6) is 0.0935. The average Bonchev–Trinajstić information content (AvgIpc) is 3.19. The van der Waals surface area contributed by atoms with Crippen LogP contribution >= 0.6 is 0 Å². The number of benzene rings is 2. The Morgan fingerprint density at radius 1 is 1.08 bits per heavy atom. The van der Waals surface area contributed by atoms with Crippen molar-refractivity contribution in [1.29, 1.82) is 0 Å². The first-order valence-corrected chi connectivity index (χ1v) is 8.68. The smallest absolute Gasteiger partial charge is 0.322 e. The Kier molecular flexibility index (Phi) is 4.14. The van der Waals surface area contributed by atoms with Gasteiger partial charge in [-0.3, -0.25) is 9.69 Å². The number of fused-ring (bicyclic) bond motifs is 1. The molecule has 0 spiro atoms. The van der Waals surface area contributed by atoms with Crippen LogP contribution in [-0.2, 0) is 17.8 Å². The highest BCUT2D eigenvalue weighted by Crippen LogP contribution is 2.27. The van der Waals surface area contributed by atoms with Gasteiger partial charge in [-0.25, -0.2) is 4.79 Å². The van der Waals surface area contributed by atoms with E-state index in [0.717, 1.165) is 17.7 Å². The number of urea groups is 1. The molecular weight excluding hydrogens is 314 g/mol. The van der Waals surface area contributed by atoms with Gasteiger partial charge in [-0.15, -0.1) is 0 Å². The van der Waals surface area contributed by atoms with Crippen LogP contribution in [0.1, 0.15) is 17.5 Å². The largest absolute Gasteiger partial charge is 0.336 e. The Balaban J connectivity index is 1.38. The number of likely N-dealkylation sites (tertiary alicyclic amines) is 1. The lowest BCUT2D eigenvalue weighted by atomic mass is 10.2. The minimum absolute atomic E-state index is 0.0935. The third-order valence-corrected chi connectivity index (χ3v) is 4.89. The molecule has 0 radical (unpaired) electrons. The van der Waals surface area contributed by atoms with Gasteiger partial charge in [0.2, 0.25) is 5.91 Å². The molecule has 1 atom stereocenters. The van der Waals surface area contributed by atoms with E-state index in [4.69, 9.17) is 0 Å². The average molecular weight is 335 g/mol. The molecule has 25 heavy (non-hydrogen) atoms. The molecular formula is C20H21N3O2. The summed E-state index contributed by atoms with van der Waals surface area (Å²) in [6.45, 7) is 1.85. The number of hydrogen-bond acceptors (Lipinski definition) is 2. The summed E-state index contributed by atoms with van der Waals surface area (Å²) in [7, 11) is 0. The van der Waals surface area contributed by atoms with E-state index in [1.54, 1.807) is 4.90 Å². The number of amides is 3. The van der Waals surface area contributed by atoms with Crippen molar-refractivity contribution in [1.82, 2.24) is 10.2 Å². The standard InChI is InChI=1S/C20H21N3O2/c24-19-12-17(14-22(19)13-15-6-2-1-3-7-15)21-20(25)23-11-10-16-8-4-5-9-18(16)23/h1-9,17H,10-14H2,(H,21,25). The molecule has 1 saturated heterocycles. The SMILES string of the molecule is O=C1CC(NC(=O)N2CCc3ccccc32)CN1Cc1ccccc1. The molecule has 2 aliphatic heterocycles. The Bertz CT molecular complexity index is 791. The molecule has 2 aromatic carbocycles. The van der Waals surface area contributed by atoms with E-state index in [-0.39, 0.29) is 18.0 Å². The molecule has 3 amide bonds. The monoisotopic (exact) mass is 335 g/mol. The van der Waals surface area contributed by atoms with E-state index in [0.29, 0.717) is 26.1 Å². The zero-order chi connectivity index (χ0) is 17.2. The summed E-state index contributed by atoms with van der Waals surface area (Å²) in [6, 6.07) is 17.7. The molecule has 2 aliphatic rings. The quantitative estimate of drug-likeness (QED) is 0.937. The minimum atomic E-state index is -0.128. The van der Waals surface area contributed by atoms with Crippen LogP contribution in [0, 0.1) is 0 Å². The van der Waals surface area contributed by atoms with Gasteiger partial charge in [-0.05, 0) is 23.6 Å². The Morgan fingerprint density at radius 2 is 1.84 bits per heavy atom. The van der Waals surface area contributed by atoms with Crippen molar-refractivity contribution in [2.24, 2.45) is 0 Å². The highest BCUT2D eigenvalue weighted by molar-refractivity contribution is 5.95. The van der Waals surface area contributed by atoms with Crippen LogP contribution in [0.15, 0.2) is 54.6 Å². The number of para-hydroxylation sites is 1. The molecule has 2 aromatic rings. The number of nitrogens with one attached hydrogen (secondary N) is 1. The number of carbonyl (C=O) groups is 2. The van der Waals surface area contributed by atoms with Crippen molar-refractivity contribution in [3.05, 3.63) is 65.7 Å². The van der Waals surface area contributed by atoms with Crippen molar-refractivity contribution in [2.75, 3.05) is 18.0 Å². The molecule has 5 heteroatoms. The highest BCUT2D eigenvalue weighted by atomic mass is 16.2. The molecule has 1 unspecified atom stereocenters. The fourth-order valence-electron chi connectivity index (χ4n) is 3.63. The summed E-state index contributed by atoms with van der Waals surface area (Å²) < 4.78 is 0. The molecule has 0 bridgehead atoms. The molecule has 0 aromatic heterocycles. The molecule has 1 N–H and O–H groups in total. The third-order valence-electron chi connectivity index (χ3n) is 4.89. The van der Waals surface area contributed by atoms with Gasteiger partial charge in [0, 0.05) is 31.7 Å². The first-order chi connectivity index (χ1) is 12.2. The van der Waals surface area contributed by atoms with Gasteiger partial charge in [-0.2, -0.15) is 0 Å². The van der Waals surface area contributed by atoms with Crippen LogP contribution in [0.3, 0.4) is 0 Å². The van der Waals surface area contributed by atoms with Crippen LogP contribution in [0.5, 0.6) is 0 Å². The molecule has 4 rings (SSSR count). The highest BCUT2D eigenvalue weighted by Gasteiger charge is 2.33. The topological polar surface area (TPSA) is 52.7 Å². The number of rotatable bonds is 3. The number of anilines is 1. The van der Waals surface area contributed by atoms with Gasteiger partial charge in [0.15, 0.2) is 0 Å². The maximum atomic E-state index is 12.6. The Hall–Kier alpha value is -2.82. The van der Waals surface area contributed by atoms with Gasteiger partial charge in [0.25, 0.3) is 0 Å². The maximum Gasteiger partial charge on any atom is 0.322 e. The van der Waals surface area contributed by atoms with E-state index in [2.05, 4.69) is 11.4 Å². The second kappa shape index (κ2) is 6.59. The number of nitrogens with zero attached hydrogens (tertiary/aromatic N) is 2. The Labute approximate surface area is 147 Å². The molecule has 2 heterocycles. The van der Waals surface area contributed by atoms with Crippen LogP contribution in [0.25, 0.3) is 0 Å². The van der Waals surface area contributed by atoms with E-state index >= 15 is 0 Å². The lowest BCUT2D eigenvalue weighted by Gasteiger charge is -2.21. The Morgan fingerprint density at radius 3 is 2.68 bits per heavy atom. The van der Waals surface area contributed by atoms with Crippen molar-refractivity contribution < 1.29 is 9.59 Å². The lowest BCUT2D eigenvalue weighted by molar-refractivity contribution is -0.128. The van der Waals surface area contributed by atoms with Gasteiger partial charge >= 0.3 is 6.03 Å². The minimum Gasteiger partial charge on any atom is -0.336 e.